The molecule has 3 aromatic heterocycles. The van der Waals surface area contributed by atoms with Crippen molar-refractivity contribution in [3.8, 4) is 11.4 Å². The van der Waals surface area contributed by atoms with Gasteiger partial charge in [0.25, 0.3) is 5.56 Å². The van der Waals surface area contributed by atoms with Crippen LogP contribution in [0.5, 0.6) is 0 Å². The number of aromatic nitrogens is 6. The Morgan fingerprint density at radius 2 is 2.14 bits per heavy atom. The molecule has 0 radical (unpaired) electrons. The van der Waals surface area contributed by atoms with Gasteiger partial charge in [0.2, 0.25) is 0 Å². The first-order valence-electron chi connectivity index (χ1n) is 9.74. The molecule has 0 atom stereocenters. The Morgan fingerprint density at radius 3 is 2.93 bits per heavy atom. The first kappa shape index (κ1) is 18.9. The summed E-state index contributed by atoms with van der Waals surface area (Å²) in [5.41, 5.74) is 2.78. The number of pyridine rings is 1. The van der Waals surface area contributed by atoms with Gasteiger partial charge in [0.15, 0.2) is 11.0 Å². The van der Waals surface area contributed by atoms with Gasteiger partial charge >= 0.3 is 0 Å². The van der Waals surface area contributed by atoms with Crippen LogP contribution in [0.25, 0.3) is 11.4 Å². The van der Waals surface area contributed by atoms with E-state index >= 15 is 0 Å². The van der Waals surface area contributed by atoms with Crippen molar-refractivity contribution >= 4 is 11.8 Å². The van der Waals surface area contributed by atoms with Crippen molar-refractivity contribution in [2.45, 2.75) is 57.8 Å². The van der Waals surface area contributed by atoms with Crippen LogP contribution in [0.1, 0.15) is 36.8 Å². The van der Waals surface area contributed by atoms with Gasteiger partial charge in [-0.25, -0.2) is 4.98 Å². The van der Waals surface area contributed by atoms with Crippen LogP contribution in [-0.2, 0) is 25.9 Å². The van der Waals surface area contributed by atoms with E-state index in [0.717, 1.165) is 71.7 Å². The third-order valence-corrected chi connectivity index (χ3v) is 6.08. The maximum atomic E-state index is 12.9. The van der Waals surface area contributed by atoms with Gasteiger partial charge < -0.3 is 4.57 Å². The smallest absolute Gasteiger partial charge is 0.256 e. The first-order chi connectivity index (χ1) is 13.7. The van der Waals surface area contributed by atoms with Gasteiger partial charge in [-0.2, -0.15) is 0 Å². The Morgan fingerprint density at radius 1 is 1.25 bits per heavy atom. The number of fused-ring (bicyclic) bond motifs is 1. The molecule has 28 heavy (non-hydrogen) atoms. The van der Waals surface area contributed by atoms with Crippen molar-refractivity contribution in [1.82, 2.24) is 29.3 Å². The average Bonchev–Trinajstić information content (AvgIpc) is 3.14. The second kappa shape index (κ2) is 8.26. The fourth-order valence-corrected chi connectivity index (χ4v) is 4.61. The fourth-order valence-electron chi connectivity index (χ4n) is 3.65. The van der Waals surface area contributed by atoms with Crippen LogP contribution < -0.4 is 5.56 Å². The fraction of sp³-hybridized carbons (Fsp3) is 0.450. The van der Waals surface area contributed by atoms with E-state index in [-0.39, 0.29) is 5.56 Å². The standard InChI is InChI=1S/C20H24N6OS/c1-3-25-18(15-7-6-10-21-13-15)23-24-20(25)28-12-9-16-14(2)22-17-8-4-5-11-26(17)19(16)27/h6-7,10,13H,3-5,8-9,11-12H2,1-2H3. The summed E-state index contributed by atoms with van der Waals surface area (Å²) in [7, 11) is 0. The molecule has 0 fully saturated rings. The Labute approximate surface area is 168 Å². The van der Waals surface area contributed by atoms with Gasteiger partial charge in [0.1, 0.15) is 5.82 Å². The summed E-state index contributed by atoms with van der Waals surface area (Å²) < 4.78 is 3.96. The molecule has 0 bridgehead atoms. The molecule has 3 aromatic rings. The van der Waals surface area contributed by atoms with Crippen molar-refractivity contribution in [1.29, 1.82) is 0 Å². The van der Waals surface area contributed by atoms with E-state index in [1.54, 1.807) is 24.2 Å². The summed E-state index contributed by atoms with van der Waals surface area (Å²) >= 11 is 1.63. The van der Waals surface area contributed by atoms with Gasteiger partial charge in [-0.05, 0) is 45.2 Å². The van der Waals surface area contributed by atoms with Crippen LogP contribution in [0.2, 0.25) is 0 Å². The number of thioether (sulfide) groups is 1. The van der Waals surface area contributed by atoms with E-state index < -0.39 is 0 Å². The number of aryl methyl sites for hydroxylation is 2. The lowest BCUT2D eigenvalue weighted by molar-refractivity contribution is 0.490. The lowest BCUT2D eigenvalue weighted by atomic mass is 10.1. The zero-order valence-electron chi connectivity index (χ0n) is 16.3. The van der Waals surface area contributed by atoms with Crippen molar-refractivity contribution in [3.05, 3.63) is 52.0 Å². The molecule has 1 aliphatic heterocycles. The predicted molar refractivity (Wildman–Crippen MR) is 110 cm³/mol. The van der Waals surface area contributed by atoms with Gasteiger partial charge in [-0.3, -0.25) is 14.3 Å². The summed E-state index contributed by atoms with van der Waals surface area (Å²) in [5, 5.41) is 9.57. The minimum Gasteiger partial charge on any atom is -0.302 e. The second-order valence-corrected chi connectivity index (χ2v) is 7.96. The third kappa shape index (κ3) is 3.61. The highest BCUT2D eigenvalue weighted by Crippen LogP contribution is 2.24. The number of nitrogens with zero attached hydrogens (tertiary/aromatic N) is 6. The highest BCUT2D eigenvalue weighted by Gasteiger charge is 2.18. The molecule has 7 nitrogen and oxygen atoms in total. The molecule has 4 rings (SSSR count). The van der Waals surface area contributed by atoms with E-state index in [2.05, 4.69) is 26.7 Å². The number of hydrogen-bond acceptors (Lipinski definition) is 6. The summed E-state index contributed by atoms with van der Waals surface area (Å²) in [4.78, 5) is 21.7. The van der Waals surface area contributed by atoms with Crippen molar-refractivity contribution in [2.24, 2.45) is 0 Å². The molecule has 0 aromatic carbocycles. The predicted octanol–water partition coefficient (Wildman–Crippen LogP) is 2.90. The molecule has 1 aliphatic rings. The highest BCUT2D eigenvalue weighted by molar-refractivity contribution is 7.99. The molecule has 8 heteroatoms. The van der Waals surface area contributed by atoms with E-state index in [9.17, 15) is 4.79 Å². The molecule has 0 N–H and O–H groups in total. The highest BCUT2D eigenvalue weighted by atomic mass is 32.2. The first-order valence-corrected chi connectivity index (χ1v) is 10.7. The van der Waals surface area contributed by atoms with E-state index in [1.165, 1.54) is 0 Å². The Hall–Kier alpha value is -2.48. The van der Waals surface area contributed by atoms with Crippen LogP contribution in [0.4, 0.5) is 0 Å². The maximum absolute atomic E-state index is 12.9. The zero-order chi connectivity index (χ0) is 19.5. The normalized spacial score (nSPS) is 13.5. The number of rotatable bonds is 6. The molecule has 146 valence electrons. The lowest BCUT2D eigenvalue weighted by Crippen LogP contribution is -2.32. The van der Waals surface area contributed by atoms with Crippen molar-refractivity contribution in [2.75, 3.05) is 5.75 Å². The lowest BCUT2D eigenvalue weighted by Gasteiger charge is -2.19. The molecule has 0 spiro atoms. The monoisotopic (exact) mass is 396 g/mol. The van der Waals surface area contributed by atoms with Crippen LogP contribution in [0.15, 0.2) is 34.5 Å². The molecule has 0 saturated carbocycles. The van der Waals surface area contributed by atoms with Crippen molar-refractivity contribution in [3.63, 3.8) is 0 Å². The summed E-state index contributed by atoms with van der Waals surface area (Å²) in [5.74, 6) is 2.53. The Kier molecular flexibility index (Phi) is 5.57. The minimum absolute atomic E-state index is 0.135. The third-order valence-electron chi connectivity index (χ3n) is 5.12. The maximum Gasteiger partial charge on any atom is 0.256 e. The molecule has 0 unspecified atom stereocenters. The van der Waals surface area contributed by atoms with Gasteiger partial charge in [0.05, 0.1) is 0 Å². The van der Waals surface area contributed by atoms with Gasteiger partial charge in [0, 0.05) is 54.5 Å². The molecular formula is C20H24N6OS. The summed E-state index contributed by atoms with van der Waals surface area (Å²) in [6.45, 7) is 5.60. The average molecular weight is 397 g/mol. The van der Waals surface area contributed by atoms with Crippen LogP contribution in [-0.4, -0.2) is 35.1 Å². The molecule has 4 heterocycles. The Balaban J connectivity index is 1.51. The van der Waals surface area contributed by atoms with Gasteiger partial charge in [-0.15, -0.1) is 10.2 Å². The number of hydrogen-bond donors (Lipinski definition) is 0. The SMILES string of the molecule is CCn1c(SCCc2c(C)nc3n(c2=O)CCCC3)nnc1-c1cccnc1. The minimum atomic E-state index is 0.135. The van der Waals surface area contributed by atoms with Crippen LogP contribution in [0, 0.1) is 6.92 Å². The van der Waals surface area contributed by atoms with E-state index in [1.807, 2.05) is 23.6 Å². The molecule has 0 amide bonds. The van der Waals surface area contributed by atoms with Gasteiger partial charge in [-0.1, -0.05) is 11.8 Å². The molecular weight excluding hydrogens is 372 g/mol. The Bertz CT molecular complexity index is 1030. The van der Waals surface area contributed by atoms with E-state index in [4.69, 9.17) is 4.98 Å². The molecule has 0 saturated heterocycles. The largest absolute Gasteiger partial charge is 0.302 e. The zero-order valence-corrected chi connectivity index (χ0v) is 17.1. The second-order valence-electron chi connectivity index (χ2n) is 6.90. The quantitative estimate of drug-likeness (QED) is 0.596. The summed E-state index contributed by atoms with van der Waals surface area (Å²) in [6, 6.07) is 3.89. The van der Waals surface area contributed by atoms with Crippen LogP contribution in [0.3, 0.4) is 0 Å². The van der Waals surface area contributed by atoms with Crippen molar-refractivity contribution < 1.29 is 0 Å². The topological polar surface area (TPSA) is 78.5 Å². The molecule has 0 aliphatic carbocycles. The van der Waals surface area contributed by atoms with E-state index in [0.29, 0.717) is 6.42 Å². The summed E-state index contributed by atoms with van der Waals surface area (Å²) in [6.07, 6.45) is 7.31. The van der Waals surface area contributed by atoms with Crippen LogP contribution >= 0.6 is 11.8 Å².